The first-order valence-corrected chi connectivity index (χ1v) is 5.54. The summed E-state index contributed by atoms with van der Waals surface area (Å²) in [6.07, 6.45) is 1.27. The van der Waals surface area contributed by atoms with Gasteiger partial charge in [-0.15, -0.1) is 0 Å². The first-order valence-electron chi connectivity index (χ1n) is 5.54. The van der Waals surface area contributed by atoms with E-state index < -0.39 is 11.9 Å². The predicted molar refractivity (Wildman–Crippen MR) is 70.6 cm³/mol. The van der Waals surface area contributed by atoms with Crippen molar-refractivity contribution in [3.8, 4) is 11.6 Å². The maximum absolute atomic E-state index is 11.1. The molecule has 0 aliphatic carbocycles. The summed E-state index contributed by atoms with van der Waals surface area (Å²) in [6, 6.07) is 7.36. The number of pyridine rings is 1. The number of benzene rings is 1. The fourth-order valence-corrected chi connectivity index (χ4v) is 1.55. The Kier molecular flexibility index (Phi) is 3.52. The van der Waals surface area contributed by atoms with Crippen LogP contribution in [-0.2, 0) is 0 Å². The van der Waals surface area contributed by atoms with Crippen LogP contribution < -0.4 is 16.2 Å². The summed E-state index contributed by atoms with van der Waals surface area (Å²) in [5.41, 5.74) is 10.9. The standard InChI is InChI=1S/C13H11N3O4/c14-10-9(13(18)19)4-5-16-12(10)20-8-3-1-2-7(6-8)11(15)17/h1-6H,14H2,(H2,15,17)(H,18,19). The zero-order valence-corrected chi connectivity index (χ0v) is 10.2. The molecule has 0 aliphatic rings. The molecule has 1 aromatic carbocycles. The predicted octanol–water partition coefficient (Wildman–Crippen LogP) is 1.25. The van der Waals surface area contributed by atoms with Gasteiger partial charge in [0.2, 0.25) is 11.8 Å². The number of aromatic carboxylic acids is 1. The summed E-state index contributed by atoms with van der Waals surface area (Å²) < 4.78 is 5.38. The number of primary amides is 1. The van der Waals surface area contributed by atoms with Gasteiger partial charge in [-0.2, -0.15) is 0 Å². The fourth-order valence-electron chi connectivity index (χ4n) is 1.55. The van der Waals surface area contributed by atoms with Gasteiger partial charge < -0.3 is 21.3 Å². The summed E-state index contributed by atoms with van der Waals surface area (Å²) in [5, 5.41) is 8.95. The van der Waals surface area contributed by atoms with E-state index in [0.29, 0.717) is 0 Å². The van der Waals surface area contributed by atoms with Gasteiger partial charge in [0.05, 0.1) is 5.56 Å². The highest BCUT2D eigenvalue weighted by molar-refractivity contribution is 5.95. The molecular weight excluding hydrogens is 262 g/mol. The Bertz CT molecular complexity index is 685. The smallest absolute Gasteiger partial charge is 0.338 e. The van der Waals surface area contributed by atoms with Crippen LogP contribution in [0.2, 0.25) is 0 Å². The molecule has 0 aliphatic heterocycles. The van der Waals surface area contributed by atoms with Crippen LogP contribution in [0.4, 0.5) is 5.69 Å². The molecule has 0 fully saturated rings. The zero-order valence-electron chi connectivity index (χ0n) is 10.2. The minimum Gasteiger partial charge on any atom is -0.478 e. The minimum absolute atomic E-state index is 0.0495. The maximum Gasteiger partial charge on any atom is 0.338 e. The van der Waals surface area contributed by atoms with Gasteiger partial charge in [-0.05, 0) is 24.3 Å². The molecule has 0 saturated carbocycles. The second-order valence-electron chi connectivity index (χ2n) is 3.88. The Labute approximate surface area is 113 Å². The third-order valence-electron chi connectivity index (χ3n) is 2.52. The molecule has 0 radical (unpaired) electrons. The van der Waals surface area contributed by atoms with Crippen LogP contribution in [0, 0.1) is 0 Å². The highest BCUT2D eigenvalue weighted by atomic mass is 16.5. The van der Waals surface area contributed by atoms with Gasteiger partial charge in [0.1, 0.15) is 11.4 Å². The summed E-state index contributed by atoms with van der Waals surface area (Å²) in [7, 11) is 0. The lowest BCUT2D eigenvalue weighted by Crippen LogP contribution is -2.10. The van der Waals surface area contributed by atoms with Crippen molar-refractivity contribution in [1.29, 1.82) is 0 Å². The van der Waals surface area contributed by atoms with Crippen LogP contribution in [0.3, 0.4) is 0 Å². The fraction of sp³-hybridized carbons (Fsp3) is 0. The molecule has 102 valence electrons. The van der Waals surface area contributed by atoms with Gasteiger partial charge in [0, 0.05) is 11.8 Å². The maximum atomic E-state index is 11.1. The number of nitrogens with two attached hydrogens (primary N) is 2. The largest absolute Gasteiger partial charge is 0.478 e. The number of anilines is 1. The van der Waals surface area contributed by atoms with E-state index >= 15 is 0 Å². The molecule has 0 atom stereocenters. The van der Waals surface area contributed by atoms with Crippen LogP contribution in [0.25, 0.3) is 0 Å². The minimum atomic E-state index is -1.18. The Morgan fingerprint density at radius 2 is 2.00 bits per heavy atom. The Hall–Kier alpha value is -3.09. The van der Waals surface area contributed by atoms with Crippen LogP contribution in [-0.4, -0.2) is 22.0 Å². The average Bonchev–Trinajstić information content (AvgIpc) is 2.41. The molecule has 0 bridgehead atoms. The number of carbonyl (C=O) groups is 2. The Morgan fingerprint density at radius 1 is 1.25 bits per heavy atom. The lowest BCUT2D eigenvalue weighted by atomic mass is 10.2. The van der Waals surface area contributed by atoms with E-state index in [1.54, 1.807) is 12.1 Å². The number of carboxylic acid groups (broad SMARTS) is 1. The van der Waals surface area contributed by atoms with Crippen molar-refractivity contribution in [2.75, 3.05) is 5.73 Å². The van der Waals surface area contributed by atoms with Crippen LogP contribution in [0.1, 0.15) is 20.7 Å². The van der Waals surface area contributed by atoms with Crippen molar-refractivity contribution in [3.05, 3.63) is 47.7 Å². The third kappa shape index (κ3) is 2.66. The molecule has 7 heteroatoms. The number of hydrogen-bond donors (Lipinski definition) is 3. The molecule has 2 aromatic rings. The van der Waals surface area contributed by atoms with E-state index in [1.165, 1.54) is 24.4 Å². The van der Waals surface area contributed by atoms with Gasteiger partial charge >= 0.3 is 5.97 Å². The highest BCUT2D eigenvalue weighted by Gasteiger charge is 2.14. The topological polar surface area (TPSA) is 129 Å². The molecular formula is C13H11N3O4. The summed E-state index contributed by atoms with van der Waals surface area (Å²) in [5.74, 6) is -1.55. The number of ether oxygens (including phenoxy) is 1. The van der Waals surface area contributed by atoms with Crippen molar-refractivity contribution in [1.82, 2.24) is 4.98 Å². The SMILES string of the molecule is NC(=O)c1cccc(Oc2nccc(C(=O)O)c2N)c1. The average molecular weight is 273 g/mol. The summed E-state index contributed by atoms with van der Waals surface area (Å²) in [6.45, 7) is 0. The van der Waals surface area contributed by atoms with E-state index in [9.17, 15) is 9.59 Å². The monoisotopic (exact) mass is 273 g/mol. The van der Waals surface area contributed by atoms with Crippen molar-refractivity contribution in [2.45, 2.75) is 0 Å². The Balaban J connectivity index is 2.35. The molecule has 0 unspecified atom stereocenters. The number of rotatable bonds is 4. The second-order valence-corrected chi connectivity index (χ2v) is 3.88. The second kappa shape index (κ2) is 5.27. The molecule has 1 amide bonds. The quantitative estimate of drug-likeness (QED) is 0.768. The highest BCUT2D eigenvalue weighted by Crippen LogP contribution is 2.27. The van der Waals surface area contributed by atoms with E-state index in [4.69, 9.17) is 21.3 Å². The molecule has 5 N–H and O–H groups in total. The molecule has 0 saturated heterocycles. The Morgan fingerprint density at radius 3 is 2.65 bits per heavy atom. The summed E-state index contributed by atoms with van der Waals surface area (Å²) >= 11 is 0. The van der Waals surface area contributed by atoms with Gasteiger partial charge in [0.15, 0.2) is 0 Å². The van der Waals surface area contributed by atoms with Crippen molar-refractivity contribution in [3.63, 3.8) is 0 Å². The van der Waals surface area contributed by atoms with Crippen molar-refractivity contribution < 1.29 is 19.4 Å². The van der Waals surface area contributed by atoms with Crippen molar-refractivity contribution in [2.24, 2.45) is 5.73 Å². The molecule has 2 rings (SSSR count). The van der Waals surface area contributed by atoms with E-state index in [1.807, 2.05) is 0 Å². The number of aromatic nitrogens is 1. The van der Waals surface area contributed by atoms with Crippen molar-refractivity contribution >= 4 is 17.6 Å². The number of carbonyl (C=O) groups excluding carboxylic acids is 1. The zero-order chi connectivity index (χ0) is 14.7. The van der Waals surface area contributed by atoms with E-state index in [0.717, 1.165) is 0 Å². The van der Waals surface area contributed by atoms with E-state index in [2.05, 4.69) is 4.98 Å². The van der Waals surface area contributed by atoms with Gasteiger partial charge in [-0.1, -0.05) is 6.07 Å². The number of amides is 1. The van der Waals surface area contributed by atoms with Crippen LogP contribution in [0.15, 0.2) is 36.5 Å². The first-order chi connectivity index (χ1) is 9.49. The number of nitrogens with zero attached hydrogens (tertiary/aromatic N) is 1. The number of carboxylic acids is 1. The molecule has 1 heterocycles. The van der Waals surface area contributed by atoms with E-state index in [-0.39, 0.29) is 28.4 Å². The lowest BCUT2D eigenvalue weighted by Gasteiger charge is -2.09. The number of hydrogen-bond acceptors (Lipinski definition) is 5. The van der Waals surface area contributed by atoms with Gasteiger partial charge in [-0.25, -0.2) is 9.78 Å². The first kappa shape index (κ1) is 13.3. The van der Waals surface area contributed by atoms with Gasteiger partial charge in [0.25, 0.3) is 0 Å². The summed E-state index contributed by atoms with van der Waals surface area (Å²) in [4.78, 5) is 25.9. The lowest BCUT2D eigenvalue weighted by molar-refractivity contribution is 0.0697. The van der Waals surface area contributed by atoms with Crippen LogP contribution >= 0.6 is 0 Å². The van der Waals surface area contributed by atoms with Gasteiger partial charge in [-0.3, -0.25) is 4.79 Å². The molecule has 0 spiro atoms. The molecule has 20 heavy (non-hydrogen) atoms. The number of nitrogen functional groups attached to an aromatic ring is 1. The third-order valence-corrected chi connectivity index (χ3v) is 2.52. The van der Waals surface area contributed by atoms with Crippen LogP contribution in [0.5, 0.6) is 11.6 Å². The molecule has 7 nitrogen and oxygen atoms in total. The normalized spacial score (nSPS) is 10.0. The molecule has 1 aromatic heterocycles.